The molecular formula is C16H15ClN4O3. The third-order valence-electron chi connectivity index (χ3n) is 3.90. The normalized spacial score (nSPS) is 16.4. The van der Waals surface area contributed by atoms with Gasteiger partial charge in [-0.05, 0) is 24.6 Å². The van der Waals surface area contributed by atoms with Crippen LogP contribution in [0, 0.1) is 0 Å². The van der Waals surface area contributed by atoms with Crippen LogP contribution in [0.15, 0.2) is 40.3 Å². The highest BCUT2D eigenvalue weighted by Crippen LogP contribution is 2.43. The Kier molecular flexibility index (Phi) is 4.02. The van der Waals surface area contributed by atoms with Gasteiger partial charge in [0.05, 0.1) is 18.6 Å². The summed E-state index contributed by atoms with van der Waals surface area (Å²) in [6, 6.07) is 7.03. The third kappa shape index (κ3) is 2.63. The zero-order chi connectivity index (χ0) is 17.4. The minimum absolute atomic E-state index is 0.145. The molecule has 4 N–H and O–H groups in total. The Morgan fingerprint density at radius 3 is 2.62 bits per heavy atom. The molecule has 1 atom stereocenters. The average molecular weight is 347 g/mol. The molecule has 0 amide bonds. The molecular weight excluding hydrogens is 332 g/mol. The summed E-state index contributed by atoms with van der Waals surface area (Å²) >= 11 is 5.96. The molecule has 0 radical (unpaired) electrons. The van der Waals surface area contributed by atoms with Crippen molar-refractivity contribution in [1.29, 1.82) is 0 Å². The van der Waals surface area contributed by atoms with Crippen molar-refractivity contribution < 1.29 is 9.53 Å². The first-order valence-electron chi connectivity index (χ1n) is 7.13. The molecule has 0 bridgehead atoms. The lowest BCUT2D eigenvalue weighted by atomic mass is 9.82. The van der Waals surface area contributed by atoms with E-state index in [0.717, 1.165) is 5.56 Å². The van der Waals surface area contributed by atoms with Gasteiger partial charge in [0.1, 0.15) is 11.6 Å². The SMILES string of the molecule is COC(=O)C1=C(C)Nc2nc(=O)[nH]c(N)c2C1c1ccc(Cl)cc1. The van der Waals surface area contributed by atoms with Gasteiger partial charge in [-0.15, -0.1) is 0 Å². The number of hydrogen-bond acceptors (Lipinski definition) is 6. The number of nitrogens with zero attached hydrogens (tertiary/aromatic N) is 1. The maximum absolute atomic E-state index is 12.3. The number of nitrogens with two attached hydrogens (primary N) is 1. The fourth-order valence-corrected chi connectivity index (χ4v) is 2.99. The van der Waals surface area contributed by atoms with Crippen molar-refractivity contribution in [2.75, 3.05) is 18.2 Å². The smallest absolute Gasteiger partial charge is 0.348 e. The van der Waals surface area contributed by atoms with Crippen LogP contribution in [0.25, 0.3) is 0 Å². The van der Waals surface area contributed by atoms with E-state index in [0.29, 0.717) is 27.7 Å². The number of aromatic amines is 1. The molecule has 3 rings (SSSR count). The number of rotatable bonds is 2. The number of aromatic nitrogens is 2. The second-order valence-corrected chi connectivity index (χ2v) is 5.79. The molecule has 7 nitrogen and oxygen atoms in total. The van der Waals surface area contributed by atoms with E-state index >= 15 is 0 Å². The summed E-state index contributed by atoms with van der Waals surface area (Å²) < 4.78 is 4.92. The van der Waals surface area contributed by atoms with Crippen LogP contribution in [0.3, 0.4) is 0 Å². The van der Waals surface area contributed by atoms with Gasteiger partial charge in [0.2, 0.25) is 0 Å². The lowest BCUT2D eigenvalue weighted by Crippen LogP contribution is -2.28. The lowest BCUT2D eigenvalue weighted by Gasteiger charge is -2.29. The first-order chi connectivity index (χ1) is 11.4. The summed E-state index contributed by atoms with van der Waals surface area (Å²) in [6.45, 7) is 1.72. The maximum atomic E-state index is 12.3. The molecule has 8 heteroatoms. The highest BCUT2D eigenvalue weighted by Gasteiger charge is 2.35. The average Bonchev–Trinajstić information content (AvgIpc) is 2.53. The summed E-state index contributed by atoms with van der Waals surface area (Å²) in [5.41, 5.74) is 7.69. The molecule has 0 fully saturated rings. The predicted molar refractivity (Wildman–Crippen MR) is 90.9 cm³/mol. The van der Waals surface area contributed by atoms with Crippen LogP contribution in [-0.4, -0.2) is 23.0 Å². The second-order valence-electron chi connectivity index (χ2n) is 5.36. The van der Waals surface area contributed by atoms with E-state index in [9.17, 15) is 9.59 Å². The second kappa shape index (κ2) is 6.01. The van der Waals surface area contributed by atoms with Crippen molar-refractivity contribution in [3.05, 3.63) is 62.2 Å². The summed E-state index contributed by atoms with van der Waals surface area (Å²) in [6.07, 6.45) is 0. The van der Waals surface area contributed by atoms with E-state index in [1.807, 2.05) is 0 Å². The van der Waals surface area contributed by atoms with Crippen LogP contribution in [0.1, 0.15) is 24.0 Å². The van der Waals surface area contributed by atoms with E-state index < -0.39 is 17.6 Å². The molecule has 1 aliphatic rings. The van der Waals surface area contributed by atoms with Crippen molar-refractivity contribution in [3.63, 3.8) is 0 Å². The number of methoxy groups -OCH3 is 1. The first-order valence-corrected chi connectivity index (χ1v) is 7.51. The number of hydrogen-bond donors (Lipinski definition) is 3. The van der Waals surface area contributed by atoms with Gasteiger partial charge in [-0.3, -0.25) is 4.98 Å². The van der Waals surface area contributed by atoms with Crippen LogP contribution in [0.4, 0.5) is 11.6 Å². The highest BCUT2D eigenvalue weighted by atomic mass is 35.5. The van der Waals surface area contributed by atoms with Gasteiger partial charge in [-0.2, -0.15) is 4.98 Å². The van der Waals surface area contributed by atoms with Gasteiger partial charge in [-0.1, -0.05) is 23.7 Å². The molecule has 1 unspecified atom stereocenters. The van der Waals surface area contributed by atoms with Crippen molar-refractivity contribution in [1.82, 2.24) is 9.97 Å². The summed E-state index contributed by atoms with van der Waals surface area (Å²) in [4.78, 5) is 30.3. The predicted octanol–water partition coefficient (Wildman–Crippen LogP) is 2.01. The van der Waals surface area contributed by atoms with E-state index in [1.54, 1.807) is 31.2 Å². The van der Waals surface area contributed by atoms with Gasteiger partial charge < -0.3 is 15.8 Å². The van der Waals surface area contributed by atoms with Crippen LogP contribution in [0.5, 0.6) is 0 Å². The van der Waals surface area contributed by atoms with Crippen molar-refractivity contribution in [2.45, 2.75) is 12.8 Å². The molecule has 1 aromatic carbocycles. The van der Waals surface area contributed by atoms with Gasteiger partial charge in [0.15, 0.2) is 0 Å². The van der Waals surface area contributed by atoms with Crippen molar-refractivity contribution in [2.24, 2.45) is 0 Å². The number of ether oxygens (including phenoxy) is 1. The van der Waals surface area contributed by atoms with Crippen LogP contribution < -0.4 is 16.7 Å². The molecule has 2 heterocycles. The number of fused-ring (bicyclic) bond motifs is 1. The molecule has 1 aliphatic heterocycles. The van der Waals surface area contributed by atoms with Crippen LogP contribution >= 0.6 is 11.6 Å². The zero-order valence-corrected chi connectivity index (χ0v) is 13.8. The van der Waals surface area contributed by atoms with Crippen LogP contribution in [0.2, 0.25) is 5.02 Å². The quantitative estimate of drug-likeness (QED) is 0.717. The Labute approximate surface area is 142 Å². The molecule has 0 saturated heterocycles. The molecule has 0 saturated carbocycles. The first kappa shape index (κ1) is 16.1. The number of allylic oxidation sites excluding steroid dienone is 1. The Balaban J connectivity index is 2.29. The number of halogens is 1. The molecule has 0 spiro atoms. The Morgan fingerprint density at radius 2 is 2.00 bits per heavy atom. The van der Waals surface area contributed by atoms with E-state index in [2.05, 4.69) is 15.3 Å². The topological polar surface area (TPSA) is 110 Å². The number of nitrogen functional groups attached to an aromatic ring is 1. The van der Waals surface area contributed by atoms with E-state index in [-0.39, 0.29) is 5.82 Å². The number of H-pyrrole nitrogens is 1. The van der Waals surface area contributed by atoms with Gasteiger partial charge in [0.25, 0.3) is 0 Å². The monoisotopic (exact) mass is 346 g/mol. The highest BCUT2D eigenvalue weighted by molar-refractivity contribution is 6.30. The third-order valence-corrected chi connectivity index (χ3v) is 4.15. The Hall–Kier alpha value is -2.80. The van der Waals surface area contributed by atoms with E-state index in [4.69, 9.17) is 22.1 Å². The largest absolute Gasteiger partial charge is 0.466 e. The minimum atomic E-state index is -0.567. The molecule has 24 heavy (non-hydrogen) atoms. The molecule has 0 aliphatic carbocycles. The summed E-state index contributed by atoms with van der Waals surface area (Å²) in [7, 11) is 1.31. The lowest BCUT2D eigenvalue weighted by molar-refractivity contribution is -0.136. The summed E-state index contributed by atoms with van der Waals surface area (Å²) in [5, 5.41) is 3.53. The van der Waals surface area contributed by atoms with Gasteiger partial charge >= 0.3 is 11.7 Å². The van der Waals surface area contributed by atoms with Gasteiger partial charge in [-0.25, -0.2) is 9.59 Å². The number of anilines is 2. The zero-order valence-electron chi connectivity index (χ0n) is 13.0. The standard InChI is InChI=1S/C16H15ClN4O3/c1-7-10(15(22)24-2)11(8-3-5-9(17)6-4-8)12-13(18)20-16(23)21-14(12)19-7/h3-6,11H,1-2H3,(H4,18,19,20,21,23). The number of nitrogens with one attached hydrogen (secondary N) is 2. The fraction of sp³-hybridized carbons (Fsp3) is 0.188. The Bertz CT molecular complexity index is 903. The fourth-order valence-electron chi connectivity index (χ4n) is 2.86. The van der Waals surface area contributed by atoms with Crippen molar-refractivity contribution in [3.8, 4) is 0 Å². The number of carbonyl (C=O) groups excluding carboxylic acids is 1. The number of benzene rings is 1. The number of carbonyl (C=O) groups is 1. The number of esters is 1. The van der Waals surface area contributed by atoms with E-state index in [1.165, 1.54) is 7.11 Å². The Morgan fingerprint density at radius 1 is 1.33 bits per heavy atom. The van der Waals surface area contributed by atoms with Crippen molar-refractivity contribution >= 4 is 29.2 Å². The summed E-state index contributed by atoms with van der Waals surface area (Å²) in [5.74, 6) is -0.556. The van der Waals surface area contributed by atoms with Gasteiger partial charge in [0, 0.05) is 16.3 Å². The minimum Gasteiger partial charge on any atom is -0.466 e. The maximum Gasteiger partial charge on any atom is 0.348 e. The molecule has 1 aromatic heterocycles. The molecule has 124 valence electrons. The van der Waals surface area contributed by atoms with Crippen LogP contribution in [-0.2, 0) is 9.53 Å². The molecule has 2 aromatic rings.